The van der Waals surface area contributed by atoms with Gasteiger partial charge in [-0.1, -0.05) is 13.8 Å². The van der Waals surface area contributed by atoms with Gasteiger partial charge in [0.15, 0.2) is 0 Å². The zero-order chi connectivity index (χ0) is 9.30. The number of hydrogen-bond acceptors (Lipinski definition) is 2. The third kappa shape index (κ3) is 1.75. The maximum absolute atomic E-state index is 11.4. The van der Waals surface area contributed by atoms with E-state index >= 15 is 0 Å². The highest BCUT2D eigenvalue weighted by Crippen LogP contribution is 2.09. The van der Waals surface area contributed by atoms with E-state index in [0.717, 1.165) is 0 Å². The molecule has 4 heteroatoms. The lowest BCUT2D eigenvalue weighted by atomic mass is 10.1. The van der Waals surface area contributed by atoms with Gasteiger partial charge >= 0.3 is 0 Å². The summed E-state index contributed by atoms with van der Waals surface area (Å²) in [6.45, 7) is 3.91. The Kier molecular flexibility index (Phi) is 2.67. The van der Waals surface area contributed by atoms with Gasteiger partial charge < -0.3 is 4.57 Å². The molecule has 1 heterocycles. The molecule has 0 spiro atoms. The third-order valence-corrected chi connectivity index (χ3v) is 2.00. The minimum Gasteiger partial charge on any atom is -0.314 e. The summed E-state index contributed by atoms with van der Waals surface area (Å²) in [5, 5.41) is 0. The number of aryl methyl sites for hydroxylation is 1. The van der Waals surface area contributed by atoms with Gasteiger partial charge in [-0.2, -0.15) is 0 Å². The molecule has 66 valence electrons. The van der Waals surface area contributed by atoms with Crippen LogP contribution in [-0.4, -0.2) is 9.55 Å². The lowest BCUT2D eigenvalue weighted by Crippen LogP contribution is -2.23. The van der Waals surface area contributed by atoms with E-state index in [1.807, 2.05) is 13.8 Å². The van der Waals surface area contributed by atoms with E-state index in [9.17, 15) is 4.79 Å². The molecule has 0 atom stereocenters. The van der Waals surface area contributed by atoms with Gasteiger partial charge in [0.25, 0.3) is 5.56 Å². The predicted molar refractivity (Wildman–Crippen MR) is 51.3 cm³/mol. The minimum atomic E-state index is -0.0202. The fourth-order valence-corrected chi connectivity index (χ4v) is 1.47. The Morgan fingerprint density at radius 3 is 2.67 bits per heavy atom. The highest BCUT2D eigenvalue weighted by molar-refractivity contribution is 9.10. The Labute approximate surface area is 79.6 Å². The van der Waals surface area contributed by atoms with Crippen LogP contribution in [0.15, 0.2) is 15.6 Å². The molecule has 1 aromatic heterocycles. The van der Waals surface area contributed by atoms with E-state index in [4.69, 9.17) is 0 Å². The van der Waals surface area contributed by atoms with Gasteiger partial charge in [-0.05, 0) is 15.9 Å². The largest absolute Gasteiger partial charge is 0.314 e. The molecule has 0 aliphatic rings. The molecule has 0 bridgehead atoms. The van der Waals surface area contributed by atoms with Crippen LogP contribution in [0.25, 0.3) is 0 Å². The second-order valence-corrected chi connectivity index (χ2v) is 3.83. The maximum Gasteiger partial charge on any atom is 0.272 e. The summed E-state index contributed by atoms with van der Waals surface area (Å²) in [6.07, 6.45) is 1.66. The van der Waals surface area contributed by atoms with Crippen molar-refractivity contribution in [1.82, 2.24) is 9.55 Å². The molecule has 0 amide bonds. The van der Waals surface area contributed by atoms with Crippen molar-refractivity contribution in [2.45, 2.75) is 19.8 Å². The summed E-state index contributed by atoms with van der Waals surface area (Å²) >= 11 is 3.24. The Balaban J connectivity index is 3.38. The van der Waals surface area contributed by atoms with E-state index in [1.54, 1.807) is 13.2 Å². The molecular formula is C8H11BrN2O. The van der Waals surface area contributed by atoms with Crippen LogP contribution in [0.4, 0.5) is 0 Å². The van der Waals surface area contributed by atoms with E-state index in [-0.39, 0.29) is 11.5 Å². The van der Waals surface area contributed by atoms with Crippen molar-refractivity contribution < 1.29 is 0 Å². The van der Waals surface area contributed by atoms with E-state index in [1.165, 1.54) is 4.57 Å². The van der Waals surface area contributed by atoms with Crippen molar-refractivity contribution in [3.8, 4) is 0 Å². The standard InChI is InChI=1S/C8H11BrN2O/c1-5(2)7-8(12)11(3)4-6(9)10-7/h4-5H,1-3H3. The molecule has 0 N–H and O–H groups in total. The van der Waals surface area contributed by atoms with E-state index in [2.05, 4.69) is 20.9 Å². The van der Waals surface area contributed by atoms with Crippen LogP contribution >= 0.6 is 15.9 Å². The fourth-order valence-electron chi connectivity index (χ4n) is 0.967. The van der Waals surface area contributed by atoms with Gasteiger partial charge in [0.2, 0.25) is 0 Å². The van der Waals surface area contributed by atoms with Crippen LogP contribution < -0.4 is 5.56 Å². The first-order valence-electron chi connectivity index (χ1n) is 3.75. The average Bonchev–Trinajstić information content (AvgIpc) is 1.96. The molecule has 0 saturated carbocycles. The molecule has 0 unspecified atom stereocenters. The summed E-state index contributed by atoms with van der Waals surface area (Å²) in [5.41, 5.74) is 0.583. The predicted octanol–water partition coefficient (Wildman–Crippen LogP) is 1.67. The third-order valence-electron chi connectivity index (χ3n) is 1.61. The van der Waals surface area contributed by atoms with Crippen LogP contribution in [0.3, 0.4) is 0 Å². The van der Waals surface area contributed by atoms with Crippen LogP contribution in [0.5, 0.6) is 0 Å². The number of nitrogens with zero attached hydrogens (tertiary/aromatic N) is 2. The molecule has 1 rings (SSSR count). The zero-order valence-corrected chi connectivity index (χ0v) is 8.92. The molecule has 0 saturated heterocycles. The lowest BCUT2D eigenvalue weighted by Gasteiger charge is -2.05. The fraction of sp³-hybridized carbons (Fsp3) is 0.500. The molecule has 0 aliphatic carbocycles. The molecule has 0 aliphatic heterocycles. The highest BCUT2D eigenvalue weighted by atomic mass is 79.9. The summed E-state index contributed by atoms with van der Waals surface area (Å²) in [5.74, 6) is 0.168. The quantitative estimate of drug-likeness (QED) is 0.736. The van der Waals surface area contributed by atoms with Gasteiger partial charge in [-0.3, -0.25) is 4.79 Å². The summed E-state index contributed by atoms with van der Waals surface area (Å²) in [7, 11) is 1.72. The maximum atomic E-state index is 11.4. The number of rotatable bonds is 1. The van der Waals surface area contributed by atoms with Crippen molar-refractivity contribution in [2.75, 3.05) is 0 Å². The Morgan fingerprint density at radius 2 is 2.17 bits per heavy atom. The van der Waals surface area contributed by atoms with Gasteiger partial charge in [0, 0.05) is 19.2 Å². The van der Waals surface area contributed by atoms with Crippen molar-refractivity contribution in [3.63, 3.8) is 0 Å². The van der Waals surface area contributed by atoms with Gasteiger partial charge in [0.1, 0.15) is 10.3 Å². The van der Waals surface area contributed by atoms with Crippen LogP contribution in [0.1, 0.15) is 25.5 Å². The van der Waals surface area contributed by atoms with Gasteiger partial charge in [-0.25, -0.2) is 4.98 Å². The SMILES string of the molecule is CC(C)c1nc(Br)cn(C)c1=O. The molecule has 1 aromatic rings. The summed E-state index contributed by atoms with van der Waals surface area (Å²) < 4.78 is 2.24. The molecule has 0 fully saturated rings. The smallest absolute Gasteiger partial charge is 0.272 e. The monoisotopic (exact) mass is 230 g/mol. The Morgan fingerprint density at radius 1 is 1.58 bits per heavy atom. The molecule has 3 nitrogen and oxygen atoms in total. The second kappa shape index (κ2) is 3.39. The van der Waals surface area contributed by atoms with Crippen molar-refractivity contribution >= 4 is 15.9 Å². The zero-order valence-electron chi connectivity index (χ0n) is 7.34. The topological polar surface area (TPSA) is 34.9 Å². The van der Waals surface area contributed by atoms with Crippen LogP contribution in [-0.2, 0) is 7.05 Å². The van der Waals surface area contributed by atoms with Crippen molar-refractivity contribution in [2.24, 2.45) is 7.05 Å². The number of halogens is 1. The normalized spacial score (nSPS) is 10.8. The first-order chi connectivity index (χ1) is 5.52. The minimum absolute atomic E-state index is 0.0202. The highest BCUT2D eigenvalue weighted by Gasteiger charge is 2.08. The number of hydrogen-bond donors (Lipinski definition) is 0. The Hall–Kier alpha value is -0.640. The Bertz CT molecular complexity index is 343. The van der Waals surface area contributed by atoms with Crippen molar-refractivity contribution in [3.05, 3.63) is 26.8 Å². The first-order valence-corrected chi connectivity index (χ1v) is 4.54. The first kappa shape index (κ1) is 9.45. The number of aromatic nitrogens is 2. The lowest BCUT2D eigenvalue weighted by molar-refractivity contribution is 0.733. The van der Waals surface area contributed by atoms with Gasteiger partial charge in [-0.15, -0.1) is 0 Å². The van der Waals surface area contributed by atoms with Crippen LogP contribution in [0, 0.1) is 0 Å². The van der Waals surface area contributed by atoms with Crippen LogP contribution in [0.2, 0.25) is 0 Å². The average molecular weight is 231 g/mol. The van der Waals surface area contributed by atoms with Gasteiger partial charge in [0.05, 0.1) is 0 Å². The van der Waals surface area contributed by atoms with E-state index in [0.29, 0.717) is 10.3 Å². The molecule has 0 radical (unpaired) electrons. The summed E-state index contributed by atoms with van der Waals surface area (Å²) in [6, 6.07) is 0. The molecule has 0 aromatic carbocycles. The van der Waals surface area contributed by atoms with E-state index < -0.39 is 0 Å². The molecular weight excluding hydrogens is 220 g/mol. The second-order valence-electron chi connectivity index (χ2n) is 3.02. The molecule has 12 heavy (non-hydrogen) atoms. The summed E-state index contributed by atoms with van der Waals surface area (Å²) in [4.78, 5) is 15.6. The van der Waals surface area contributed by atoms with Crippen molar-refractivity contribution in [1.29, 1.82) is 0 Å².